The predicted octanol–water partition coefficient (Wildman–Crippen LogP) is -0.853. The molecule has 1 amide bonds. The first kappa shape index (κ1) is 14.0. The van der Waals surface area contributed by atoms with Crippen molar-refractivity contribution >= 4 is 5.91 Å². The molecule has 19 heavy (non-hydrogen) atoms. The van der Waals surface area contributed by atoms with Crippen LogP contribution in [0.2, 0.25) is 0 Å². The molecule has 0 aromatic carbocycles. The molecule has 3 N–H and O–H groups in total. The van der Waals surface area contributed by atoms with E-state index in [9.17, 15) is 4.79 Å². The molecule has 0 radical (unpaired) electrons. The Kier molecular flexibility index (Phi) is 5.29. The van der Waals surface area contributed by atoms with Gasteiger partial charge in [0.05, 0.1) is 6.04 Å². The molecule has 2 heterocycles. The van der Waals surface area contributed by atoms with Crippen LogP contribution < -0.4 is 10.6 Å². The van der Waals surface area contributed by atoms with E-state index < -0.39 is 0 Å². The Bertz CT molecular complexity index is 374. The molecule has 0 aliphatic carbocycles. The predicted molar refractivity (Wildman–Crippen MR) is 71.6 cm³/mol. The van der Waals surface area contributed by atoms with Crippen molar-refractivity contribution in [1.29, 1.82) is 0 Å². The zero-order valence-corrected chi connectivity index (χ0v) is 11.4. The summed E-state index contributed by atoms with van der Waals surface area (Å²) in [5.41, 5.74) is 0. The summed E-state index contributed by atoms with van der Waals surface area (Å²) < 4.78 is 0. The largest absolute Gasteiger partial charge is 0.355 e. The van der Waals surface area contributed by atoms with Gasteiger partial charge >= 0.3 is 0 Å². The van der Waals surface area contributed by atoms with Gasteiger partial charge in [-0.15, -0.1) is 0 Å². The van der Waals surface area contributed by atoms with E-state index in [0.29, 0.717) is 6.54 Å². The lowest BCUT2D eigenvalue weighted by Gasteiger charge is -2.31. The molecule has 1 unspecified atom stereocenters. The van der Waals surface area contributed by atoms with E-state index in [4.69, 9.17) is 0 Å². The first-order chi connectivity index (χ1) is 9.27. The van der Waals surface area contributed by atoms with Gasteiger partial charge in [-0.05, 0) is 13.3 Å². The van der Waals surface area contributed by atoms with Crippen molar-refractivity contribution in [2.75, 3.05) is 32.7 Å². The maximum Gasteiger partial charge on any atom is 0.237 e. The molecular weight excluding hydrogens is 244 g/mol. The minimum atomic E-state index is -0.0487. The molecule has 1 aliphatic heterocycles. The summed E-state index contributed by atoms with van der Waals surface area (Å²) in [6.45, 7) is 6.44. The molecule has 7 nitrogen and oxygen atoms in total. The Morgan fingerprint density at radius 2 is 2.32 bits per heavy atom. The fraction of sp³-hybridized carbons (Fsp3) is 0.750. The lowest BCUT2D eigenvalue weighted by atomic mass is 10.2. The molecule has 1 aliphatic rings. The van der Waals surface area contributed by atoms with E-state index in [1.165, 1.54) is 6.33 Å². The number of aromatic nitrogens is 3. The van der Waals surface area contributed by atoms with E-state index in [0.717, 1.165) is 44.8 Å². The smallest absolute Gasteiger partial charge is 0.237 e. The van der Waals surface area contributed by atoms with Crippen LogP contribution in [0.25, 0.3) is 0 Å². The second-order valence-corrected chi connectivity index (χ2v) is 4.79. The minimum absolute atomic E-state index is 0.0487. The highest BCUT2D eigenvalue weighted by Crippen LogP contribution is 2.01. The van der Waals surface area contributed by atoms with Crippen LogP contribution in [-0.4, -0.2) is 64.8 Å². The summed E-state index contributed by atoms with van der Waals surface area (Å²) >= 11 is 0. The Labute approximate surface area is 113 Å². The number of nitrogens with one attached hydrogen (secondary N) is 3. The van der Waals surface area contributed by atoms with Crippen LogP contribution in [0.4, 0.5) is 0 Å². The Morgan fingerprint density at radius 1 is 1.53 bits per heavy atom. The van der Waals surface area contributed by atoms with Crippen molar-refractivity contribution in [3.63, 3.8) is 0 Å². The SMILES string of the molecule is CC(C(=O)NCCCc1ncn[nH]1)N1CCNCC1. The van der Waals surface area contributed by atoms with Gasteiger partial charge in [0.15, 0.2) is 0 Å². The molecular formula is C12H22N6O. The number of carbonyl (C=O) groups is 1. The molecule has 0 saturated carbocycles. The van der Waals surface area contributed by atoms with E-state index >= 15 is 0 Å². The molecule has 1 aromatic heterocycles. The number of H-pyrrole nitrogens is 1. The van der Waals surface area contributed by atoms with Crippen molar-refractivity contribution in [1.82, 2.24) is 30.7 Å². The topological polar surface area (TPSA) is 85.9 Å². The van der Waals surface area contributed by atoms with E-state index in [-0.39, 0.29) is 11.9 Å². The zero-order valence-electron chi connectivity index (χ0n) is 11.4. The summed E-state index contributed by atoms with van der Waals surface area (Å²) in [6.07, 6.45) is 3.18. The first-order valence-corrected chi connectivity index (χ1v) is 6.84. The summed E-state index contributed by atoms with van der Waals surface area (Å²) in [4.78, 5) is 18.3. The molecule has 1 atom stereocenters. The summed E-state index contributed by atoms with van der Waals surface area (Å²) in [5.74, 6) is 0.976. The summed E-state index contributed by atoms with van der Waals surface area (Å²) in [7, 11) is 0. The number of aromatic amines is 1. The standard InChI is InChI=1S/C12H22N6O/c1-10(18-7-5-13-6-8-18)12(19)14-4-2-3-11-15-9-16-17-11/h9-10,13H,2-8H2,1H3,(H,14,19)(H,15,16,17). The van der Waals surface area contributed by atoms with Gasteiger partial charge in [0, 0.05) is 39.1 Å². The van der Waals surface area contributed by atoms with Gasteiger partial charge in [-0.2, -0.15) is 5.10 Å². The van der Waals surface area contributed by atoms with Crippen LogP contribution in [0.3, 0.4) is 0 Å². The van der Waals surface area contributed by atoms with E-state index in [1.807, 2.05) is 6.92 Å². The maximum atomic E-state index is 12.0. The third kappa shape index (κ3) is 4.29. The van der Waals surface area contributed by atoms with Gasteiger partial charge in [-0.1, -0.05) is 0 Å². The number of carbonyl (C=O) groups excluding carboxylic acids is 1. The molecule has 1 aromatic rings. The van der Waals surface area contributed by atoms with Crippen molar-refractivity contribution in [3.05, 3.63) is 12.2 Å². The second kappa shape index (κ2) is 7.20. The lowest BCUT2D eigenvalue weighted by Crippen LogP contribution is -2.52. The van der Waals surface area contributed by atoms with Crippen molar-refractivity contribution in [3.8, 4) is 0 Å². The minimum Gasteiger partial charge on any atom is -0.355 e. The highest BCUT2D eigenvalue weighted by molar-refractivity contribution is 5.81. The molecule has 7 heteroatoms. The lowest BCUT2D eigenvalue weighted by molar-refractivity contribution is -0.126. The van der Waals surface area contributed by atoms with Gasteiger partial charge in [0.25, 0.3) is 0 Å². The number of piperazine rings is 1. The fourth-order valence-corrected chi connectivity index (χ4v) is 2.20. The van der Waals surface area contributed by atoms with Crippen LogP contribution in [-0.2, 0) is 11.2 Å². The number of rotatable bonds is 6. The number of aryl methyl sites for hydroxylation is 1. The zero-order chi connectivity index (χ0) is 13.5. The van der Waals surface area contributed by atoms with Gasteiger partial charge in [0.2, 0.25) is 5.91 Å². The highest BCUT2D eigenvalue weighted by atomic mass is 16.2. The van der Waals surface area contributed by atoms with E-state index in [1.54, 1.807) is 0 Å². The van der Waals surface area contributed by atoms with Crippen molar-refractivity contribution in [2.24, 2.45) is 0 Å². The molecule has 106 valence electrons. The van der Waals surface area contributed by atoms with Crippen LogP contribution >= 0.6 is 0 Å². The van der Waals surface area contributed by atoms with Gasteiger partial charge in [-0.25, -0.2) is 4.98 Å². The van der Waals surface area contributed by atoms with Crippen molar-refractivity contribution < 1.29 is 4.79 Å². The molecule has 0 bridgehead atoms. The van der Waals surface area contributed by atoms with Gasteiger partial charge in [-0.3, -0.25) is 14.8 Å². The Balaban J connectivity index is 1.63. The number of nitrogens with zero attached hydrogens (tertiary/aromatic N) is 3. The van der Waals surface area contributed by atoms with Gasteiger partial charge in [0.1, 0.15) is 12.2 Å². The molecule has 1 fully saturated rings. The summed E-state index contributed by atoms with van der Waals surface area (Å²) in [6, 6.07) is -0.0487. The highest BCUT2D eigenvalue weighted by Gasteiger charge is 2.21. The third-order valence-electron chi connectivity index (χ3n) is 3.43. The Hall–Kier alpha value is -1.47. The summed E-state index contributed by atoms with van der Waals surface area (Å²) in [5, 5.41) is 12.9. The monoisotopic (exact) mass is 266 g/mol. The second-order valence-electron chi connectivity index (χ2n) is 4.79. The van der Waals surface area contributed by atoms with Crippen LogP contribution in [0, 0.1) is 0 Å². The normalized spacial score (nSPS) is 18.2. The van der Waals surface area contributed by atoms with Crippen LogP contribution in [0.1, 0.15) is 19.2 Å². The maximum absolute atomic E-state index is 12.0. The van der Waals surface area contributed by atoms with Gasteiger partial charge < -0.3 is 10.6 Å². The molecule has 0 spiro atoms. The van der Waals surface area contributed by atoms with E-state index in [2.05, 4.69) is 30.7 Å². The van der Waals surface area contributed by atoms with Crippen LogP contribution in [0.5, 0.6) is 0 Å². The van der Waals surface area contributed by atoms with Crippen LogP contribution in [0.15, 0.2) is 6.33 Å². The first-order valence-electron chi connectivity index (χ1n) is 6.84. The molecule has 2 rings (SSSR count). The quantitative estimate of drug-likeness (QED) is 0.584. The average Bonchev–Trinajstić information content (AvgIpc) is 2.96. The number of hydrogen-bond acceptors (Lipinski definition) is 5. The number of amides is 1. The fourth-order valence-electron chi connectivity index (χ4n) is 2.20. The Morgan fingerprint density at radius 3 is 3.00 bits per heavy atom. The average molecular weight is 266 g/mol. The van der Waals surface area contributed by atoms with Crippen molar-refractivity contribution in [2.45, 2.75) is 25.8 Å². The number of hydrogen-bond donors (Lipinski definition) is 3. The molecule has 1 saturated heterocycles. The third-order valence-corrected chi connectivity index (χ3v) is 3.43.